The second kappa shape index (κ2) is 6.07. The molecule has 100 valence electrons. The zero-order chi connectivity index (χ0) is 13.0. The summed E-state index contributed by atoms with van der Waals surface area (Å²) in [5.74, 6) is 1.63. The van der Waals surface area contributed by atoms with Crippen molar-refractivity contribution in [1.82, 2.24) is 5.32 Å². The summed E-state index contributed by atoms with van der Waals surface area (Å²) in [5.41, 5.74) is 1.10. The normalized spacial score (nSPS) is 23.7. The summed E-state index contributed by atoms with van der Waals surface area (Å²) in [6, 6.07) is 6.39. The predicted octanol–water partition coefficient (Wildman–Crippen LogP) is 2.14. The number of nitrogens with one attached hydrogen (secondary N) is 1. The standard InChI is InChI=1S/C14H21NO3/c1-15-10-6-7-18-14(8-10)12-5-4-11(16-2)9-13(12)17-3/h4-5,9-10,14-15H,6-8H2,1-3H3. The van der Waals surface area contributed by atoms with Crippen LogP contribution >= 0.6 is 0 Å². The van der Waals surface area contributed by atoms with E-state index in [4.69, 9.17) is 14.2 Å². The highest BCUT2D eigenvalue weighted by Gasteiger charge is 2.25. The maximum absolute atomic E-state index is 5.85. The molecule has 1 aliphatic rings. The Morgan fingerprint density at radius 1 is 1.28 bits per heavy atom. The molecule has 2 unspecified atom stereocenters. The molecule has 1 aromatic carbocycles. The smallest absolute Gasteiger partial charge is 0.128 e. The molecule has 0 aliphatic carbocycles. The molecule has 1 aliphatic heterocycles. The summed E-state index contributed by atoms with van der Waals surface area (Å²) < 4.78 is 16.5. The lowest BCUT2D eigenvalue weighted by Crippen LogP contribution is -2.33. The summed E-state index contributed by atoms with van der Waals surface area (Å²) in [7, 11) is 5.33. The third-order valence-corrected chi connectivity index (χ3v) is 3.48. The van der Waals surface area contributed by atoms with Crippen LogP contribution in [0.2, 0.25) is 0 Å². The van der Waals surface area contributed by atoms with E-state index in [1.54, 1.807) is 14.2 Å². The van der Waals surface area contributed by atoms with Gasteiger partial charge in [-0.05, 0) is 32.0 Å². The topological polar surface area (TPSA) is 39.7 Å². The van der Waals surface area contributed by atoms with Gasteiger partial charge in [0.05, 0.1) is 20.3 Å². The van der Waals surface area contributed by atoms with Crippen LogP contribution in [0.15, 0.2) is 18.2 Å². The second-order valence-corrected chi connectivity index (χ2v) is 4.48. The Kier molecular flexibility index (Phi) is 4.44. The van der Waals surface area contributed by atoms with E-state index in [1.165, 1.54) is 0 Å². The summed E-state index contributed by atoms with van der Waals surface area (Å²) in [6.07, 6.45) is 2.13. The molecule has 0 aromatic heterocycles. The Hall–Kier alpha value is -1.26. The first-order chi connectivity index (χ1) is 8.78. The molecule has 0 bridgehead atoms. The lowest BCUT2D eigenvalue weighted by atomic mass is 9.97. The van der Waals surface area contributed by atoms with Gasteiger partial charge in [-0.2, -0.15) is 0 Å². The first kappa shape index (κ1) is 13.2. The average Bonchev–Trinajstić information content (AvgIpc) is 2.46. The van der Waals surface area contributed by atoms with Crippen molar-refractivity contribution in [3.05, 3.63) is 23.8 Å². The molecule has 18 heavy (non-hydrogen) atoms. The Bertz CT molecular complexity index is 395. The largest absolute Gasteiger partial charge is 0.497 e. The first-order valence-electron chi connectivity index (χ1n) is 6.29. The zero-order valence-electron chi connectivity index (χ0n) is 11.2. The summed E-state index contributed by atoms with van der Waals surface area (Å²) >= 11 is 0. The quantitative estimate of drug-likeness (QED) is 0.890. The lowest BCUT2D eigenvalue weighted by Gasteiger charge is -2.30. The maximum Gasteiger partial charge on any atom is 0.128 e. The molecule has 4 nitrogen and oxygen atoms in total. The number of ether oxygens (including phenoxy) is 3. The van der Waals surface area contributed by atoms with Crippen molar-refractivity contribution >= 4 is 0 Å². The molecule has 1 N–H and O–H groups in total. The number of benzene rings is 1. The van der Waals surface area contributed by atoms with Gasteiger partial charge in [-0.15, -0.1) is 0 Å². The van der Waals surface area contributed by atoms with Crippen LogP contribution in [-0.2, 0) is 4.74 Å². The number of methoxy groups -OCH3 is 2. The lowest BCUT2D eigenvalue weighted by molar-refractivity contribution is 0.000299. The SMILES string of the molecule is CNC1CCOC(c2ccc(OC)cc2OC)C1. The van der Waals surface area contributed by atoms with Crippen molar-refractivity contribution in [2.45, 2.75) is 25.0 Å². The van der Waals surface area contributed by atoms with E-state index in [-0.39, 0.29) is 6.10 Å². The number of hydrogen-bond acceptors (Lipinski definition) is 4. The van der Waals surface area contributed by atoms with Gasteiger partial charge in [0.2, 0.25) is 0 Å². The summed E-state index contributed by atoms with van der Waals surface area (Å²) in [5, 5.41) is 3.32. The minimum Gasteiger partial charge on any atom is -0.497 e. The minimum absolute atomic E-state index is 0.0945. The van der Waals surface area contributed by atoms with Crippen molar-refractivity contribution < 1.29 is 14.2 Å². The van der Waals surface area contributed by atoms with Crippen LogP contribution < -0.4 is 14.8 Å². The van der Waals surface area contributed by atoms with Crippen molar-refractivity contribution in [2.75, 3.05) is 27.9 Å². The van der Waals surface area contributed by atoms with Crippen LogP contribution in [0.3, 0.4) is 0 Å². The highest BCUT2D eigenvalue weighted by molar-refractivity contribution is 5.42. The fraction of sp³-hybridized carbons (Fsp3) is 0.571. The van der Waals surface area contributed by atoms with Crippen molar-refractivity contribution in [3.8, 4) is 11.5 Å². The van der Waals surface area contributed by atoms with E-state index in [9.17, 15) is 0 Å². The van der Waals surface area contributed by atoms with E-state index >= 15 is 0 Å². The Morgan fingerprint density at radius 3 is 2.78 bits per heavy atom. The van der Waals surface area contributed by atoms with Crippen LogP contribution in [0.5, 0.6) is 11.5 Å². The molecule has 1 saturated heterocycles. The molecule has 2 atom stereocenters. The van der Waals surface area contributed by atoms with E-state index in [0.717, 1.165) is 36.5 Å². The van der Waals surface area contributed by atoms with E-state index in [0.29, 0.717) is 6.04 Å². The van der Waals surface area contributed by atoms with Gasteiger partial charge in [-0.1, -0.05) is 0 Å². The molecule has 1 fully saturated rings. The average molecular weight is 251 g/mol. The number of rotatable bonds is 4. The first-order valence-corrected chi connectivity index (χ1v) is 6.29. The van der Waals surface area contributed by atoms with Gasteiger partial charge in [0.15, 0.2) is 0 Å². The van der Waals surface area contributed by atoms with Crippen LogP contribution in [-0.4, -0.2) is 33.9 Å². The Morgan fingerprint density at radius 2 is 2.11 bits per heavy atom. The van der Waals surface area contributed by atoms with Crippen LogP contribution in [0.4, 0.5) is 0 Å². The third-order valence-electron chi connectivity index (χ3n) is 3.48. The highest BCUT2D eigenvalue weighted by Crippen LogP contribution is 2.36. The molecule has 0 amide bonds. The monoisotopic (exact) mass is 251 g/mol. The van der Waals surface area contributed by atoms with Gasteiger partial charge in [0.1, 0.15) is 11.5 Å². The number of hydrogen-bond donors (Lipinski definition) is 1. The zero-order valence-corrected chi connectivity index (χ0v) is 11.2. The van der Waals surface area contributed by atoms with Crippen LogP contribution in [0, 0.1) is 0 Å². The van der Waals surface area contributed by atoms with E-state index in [1.807, 2.05) is 25.2 Å². The fourth-order valence-electron chi connectivity index (χ4n) is 2.36. The van der Waals surface area contributed by atoms with Gasteiger partial charge in [-0.25, -0.2) is 0 Å². The van der Waals surface area contributed by atoms with Gasteiger partial charge < -0.3 is 19.5 Å². The molecule has 1 heterocycles. The second-order valence-electron chi connectivity index (χ2n) is 4.48. The van der Waals surface area contributed by atoms with E-state index < -0.39 is 0 Å². The van der Waals surface area contributed by atoms with E-state index in [2.05, 4.69) is 5.32 Å². The minimum atomic E-state index is 0.0945. The van der Waals surface area contributed by atoms with Crippen LogP contribution in [0.1, 0.15) is 24.5 Å². The molecule has 0 saturated carbocycles. The van der Waals surface area contributed by atoms with Crippen molar-refractivity contribution in [2.24, 2.45) is 0 Å². The summed E-state index contributed by atoms with van der Waals surface area (Å²) in [4.78, 5) is 0. The van der Waals surface area contributed by atoms with Gasteiger partial charge >= 0.3 is 0 Å². The molecule has 0 radical (unpaired) electrons. The molecular formula is C14H21NO3. The Balaban J connectivity index is 2.21. The van der Waals surface area contributed by atoms with Crippen LogP contribution in [0.25, 0.3) is 0 Å². The molecule has 4 heteroatoms. The van der Waals surface area contributed by atoms with Gasteiger partial charge in [0, 0.05) is 24.3 Å². The molecular weight excluding hydrogens is 230 g/mol. The van der Waals surface area contributed by atoms with Crippen molar-refractivity contribution in [1.29, 1.82) is 0 Å². The molecule has 1 aromatic rings. The maximum atomic E-state index is 5.85. The summed E-state index contributed by atoms with van der Waals surface area (Å²) in [6.45, 7) is 0.783. The Labute approximate surface area is 108 Å². The predicted molar refractivity (Wildman–Crippen MR) is 70.3 cm³/mol. The fourth-order valence-corrected chi connectivity index (χ4v) is 2.36. The van der Waals surface area contributed by atoms with Gasteiger partial charge in [-0.3, -0.25) is 0 Å². The molecule has 0 spiro atoms. The van der Waals surface area contributed by atoms with Gasteiger partial charge in [0.25, 0.3) is 0 Å². The van der Waals surface area contributed by atoms with Crippen molar-refractivity contribution in [3.63, 3.8) is 0 Å². The third kappa shape index (κ3) is 2.76. The molecule has 2 rings (SSSR count). The highest BCUT2D eigenvalue weighted by atomic mass is 16.5.